The zero-order valence-electron chi connectivity index (χ0n) is 10.4. The summed E-state index contributed by atoms with van der Waals surface area (Å²) < 4.78 is 5.11. The van der Waals surface area contributed by atoms with E-state index < -0.39 is 37.3 Å². The summed E-state index contributed by atoms with van der Waals surface area (Å²) >= 11 is 0. The molecule has 0 aromatic rings. The van der Waals surface area contributed by atoms with E-state index in [0.29, 0.717) is 0 Å². The highest BCUT2D eigenvalue weighted by Gasteiger charge is 2.44. The Hall–Kier alpha value is -0.240. The van der Waals surface area contributed by atoms with Gasteiger partial charge in [0.2, 0.25) is 0 Å². The van der Waals surface area contributed by atoms with Gasteiger partial charge >= 0.3 is 0 Å². The van der Waals surface area contributed by atoms with Gasteiger partial charge in [0.1, 0.15) is 18.3 Å². The third-order valence-electron chi connectivity index (χ3n) is 3.93. The van der Waals surface area contributed by atoms with Crippen LogP contribution in [0.4, 0.5) is 0 Å². The second kappa shape index (κ2) is 6.27. The molecule has 0 aromatic carbocycles. The van der Waals surface area contributed by atoms with Crippen LogP contribution in [0.15, 0.2) is 0 Å². The highest BCUT2D eigenvalue weighted by atomic mass is 16.6. The van der Waals surface area contributed by atoms with Crippen molar-refractivity contribution in [1.82, 2.24) is 5.32 Å². The van der Waals surface area contributed by atoms with Crippen LogP contribution in [0.3, 0.4) is 0 Å². The van der Waals surface area contributed by atoms with Crippen molar-refractivity contribution < 1.29 is 25.2 Å². The minimum Gasteiger partial charge on any atom is -0.394 e. The molecule has 1 aliphatic heterocycles. The van der Waals surface area contributed by atoms with Crippen molar-refractivity contribution in [3.8, 4) is 0 Å². The summed E-state index contributed by atoms with van der Waals surface area (Å²) in [7, 11) is 0. The van der Waals surface area contributed by atoms with E-state index in [4.69, 9.17) is 9.84 Å². The molecule has 0 aromatic heterocycles. The normalized spacial score (nSPS) is 43.0. The van der Waals surface area contributed by atoms with Gasteiger partial charge in [0, 0.05) is 6.04 Å². The first-order valence-electron chi connectivity index (χ1n) is 6.70. The Bertz CT molecular complexity index is 259. The molecule has 1 heterocycles. The Morgan fingerprint density at radius 2 is 1.67 bits per heavy atom. The van der Waals surface area contributed by atoms with Crippen LogP contribution in [0.5, 0.6) is 0 Å². The highest BCUT2D eigenvalue weighted by molar-refractivity contribution is 4.94. The third-order valence-corrected chi connectivity index (χ3v) is 3.93. The van der Waals surface area contributed by atoms with Gasteiger partial charge in [0.15, 0.2) is 6.29 Å². The maximum absolute atomic E-state index is 9.98. The van der Waals surface area contributed by atoms with E-state index in [1.165, 1.54) is 6.42 Å². The van der Waals surface area contributed by atoms with Gasteiger partial charge in [0.25, 0.3) is 0 Å². The Morgan fingerprint density at radius 3 is 2.28 bits per heavy atom. The molecule has 18 heavy (non-hydrogen) atoms. The van der Waals surface area contributed by atoms with E-state index in [2.05, 4.69) is 5.32 Å². The number of ether oxygens (including phenoxy) is 1. The molecule has 5 N–H and O–H groups in total. The zero-order valence-corrected chi connectivity index (χ0v) is 10.4. The molecule has 0 amide bonds. The second-order valence-electron chi connectivity index (χ2n) is 5.26. The molecule has 2 fully saturated rings. The summed E-state index contributed by atoms with van der Waals surface area (Å²) in [6.45, 7) is -0.425. The van der Waals surface area contributed by atoms with Crippen LogP contribution in [-0.2, 0) is 4.74 Å². The molecule has 1 saturated heterocycles. The number of aliphatic hydroxyl groups excluding tert-OH is 4. The average molecular weight is 261 g/mol. The molecule has 0 radical (unpaired) electrons. The summed E-state index contributed by atoms with van der Waals surface area (Å²) in [6.07, 6.45) is 1.07. The highest BCUT2D eigenvalue weighted by Crippen LogP contribution is 2.23. The van der Waals surface area contributed by atoms with E-state index in [0.717, 1.165) is 25.7 Å². The van der Waals surface area contributed by atoms with E-state index in [-0.39, 0.29) is 6.04 Å². The summed E-state index contributed by atoms with van der Waals surface area (Å²) in [5.41, 5.74) is 0. The van der Waals surface area contributed by atoms with Gasteiger partial charge in [-0.1, -0.05) is 19.3 Å². The van der Waals surface area contributed by atoms with E-state index in [1.807, 2.05) is 0 Å². The Labute approximate surface area is 107 Å². The van der Waals surface area contributed by atoms with Crippen LogP contribution in [-0.4, -0.2) is 63.7 Å². The Morgan fingerprint density at radius 1 is 1.00 bits per heavy atom. The molecule has 6 nitrogen and oxygen atoms in total. The standard InChI is InChI=1S/C12H23NO5/c14-6-8-10(15)11(16)9(12(17)18-8)13-7-4-2-1-3-5-7/h7-17H,1-6H2/t8-,9-,10-,11-,12?/m1/s1. The molecular weight excluding hydrogens is 238 g/mol. The number of rotatable bonds is 3. The van der Waals surface area contributed by atoms with Crippen molar-refractivity contribution in [2.24, 2.45) is 0 Å². The monoisotopic (exact) mass is 261 g/mol. The van der Waals surface area contributed by atoms with Gasteiger partial charge in [-0.25, -0.2) is 0 Å². The molecule has 2 rings (SSSR count). The van der Waals surface area contributed by atoms with Crippen molar-refractivity contribution in [1.29, 1.82) is 0 Å². The van der Waals surface area contributed by atoms with Crippen molar-refractivity contribution in [3.05, 3.63) is 0 Å². The third kappa shape index (κ3) is 3.01. The van der Waals surface area contributed by atoms with Gasteiger partial charge in [-0.05, 0) is 12.8 Å². The fourth-order valence-corrected chi connectivity index (χ4v) is 2.82. The quantitative estimate of drug-likeness (QED) is 0.433. The van der Waals surface area contributed by atoms with Crippen molar-refractivity contribution in [2.45, 2.75) is 68.8 Å². The van der Waals surface area contributed by atoms with Crippen molar-refractivity contribution in [2.75, 3.05) is 6.61 Å². The molecular formula is C12H23NO5. The van der Waals surface area contributed by atoms with Gasteiger partial charge in [-0.15, -0.1) is 0 Å². The molecule has 1 saturated carbocycles. The van der Waals surface area contributed by atoms with Crippen molar-refractivity contribution >= 4 is 0 Å². The first-order chi connectivity index (χ1) is 8.63. The van der Waals surface area contributed by atoms with E-state index in [1.54, 1.807) is 0 Å². The van der Waals surface area contributed by atoms with Crippen LogP contribution < -0.4 is 5.32 Å². The SMILES string of the molecule is OC[C@H]1OC(O)[C@H](NC2CCCCC2)[C@@H](O)[C@@H]1O. The first kappa shape index (κ1) is 14.2. The predicted octanol–water partition coefficient (Wildman–Crippen LogP) is -1.29. The first-order valence-corrected chi connectivity index (χ1v) is 6.70. The molecule has 1 aliphatic carbocycles. The fraction of sp³-hybridized carbons (Fsp3) is 1.00. The van der Waals surface area contributed by atoms with Crippen molar-refractivity contribution in [3.63, 3.8) is 0 Å². The summed E-state index contributed by atoms with van der Waals surface area (Å²) in [5, 5.41) is 41.7. The molecule has 2 aliphatic rings. The Balaban J connectivity index is 1.94. The lowest BCUT2D eigenvalue weighted by molar-refractivity contribution is -0.255. The van der Waals surface area contributed by atoms with Crippen LogP contribution in [0, 0.1) is 0 Å². The molecule has 1 unspecified atom stereocenters. The van der Waals surface area contributed by atoms with Crippen LogP contribution in [0.2, 0.25) is 0 Å². The van der Waals surface area contributed by atoms with E-state index in [9.17, 15) is 15.3 Å². The molecule has 0 spiro atoms. The number of hydrogen-bond donors (Lipinski definition) is 5. The van der Waals surface area contributed by atoms with Gasteiger partial charge in [0.05, 0.1) is 12.6 Å². The molecule has 5 atom stereocenters. The van der Waals surface area contributed by atoms with Gasteiger partial charge in [-0.3, -0.25) is 0 Å². The Kier molecular flexibility index (Phi) is 4.94. The second-order valence-corrected chi connectivity index (χ2v) is 5.26. The van der Waals surface area contributed by atoms with Crippen LogP contribution in [0.1, 0.15) is 32.1 Å². The molecule has 6 heteroatoms. The number of nitrogens with one attached hydrogen (secondary N) is 1. The summed E-state index contributed by atoms with van der Waals surface area (Å²) in [5.74, 6) is 0. The lowest BCUT2D eigenvalue weighted by Crippen LogP contribution is -2.64. The van der Waals surface area contributed by atoms with Gasteiger partial charge in [-0.2, -0.15) is 0 Å². The van der Waals surface area contributed by atoms with Gasteiger partial charge < -0.3 is 30.5 Å². The van der Waals surface area contributed by atoms with Crippen LogP contribution >= 0.6 is 0 Å². The molecule has 106 valence electrons. The lowest BCUT2D eigenvalue weighted by atomic mass is 9.92. The maximum atomic E-state index is 9.98. The lowest BCUT2D eigenvalue weighted by Gasteiger charge is -2.42. The predicted molar refractivity (Wildman–Crippen MR) is 63.8 cm³/mol. The maximum Gasteiger partial charge on any atom is 0.173 e. The minimum atomic E-state index is -1.21. The average Bonchev–Trinajstić information content (AvgIpc) is 2.40. The summed E-state index contributed by atoms with van der Waals surface area (Å²) in [6, 6.07) is -0.458. The van der Waals surface area contributed by atoms with E-state index >= 15 is 0 Å². The largest absolute Gasteiger partial charge is 0.394 e. The van der Waals surface area contributed by atoms with Crippen LogP contribution in [0.25, 0.3) is 0 Å². The number of hydrogen-bond acceptors (Lipinski definition) is 6. The smallest absolute Gasteiger partial charge is 0.173 e. The minimum absolute atomic E-state index is 0.245. The topological polar surface area (TPSA) is 102 Å². The fourth-order valence-electron chi connectivity index (χ4n) is 2.82. The number of aliphatic hydroxyl groups is 4. The summed E-state index contributed by atoms with van der Waals surface area (Å²) in [4.78, 5) is 0. The molecule has 0 bridgehead atoms. The zero-order chi connectivity index (χ0) is 13.1.